The van der Waals surface area contributed by atoms with Crippen molar-refractivity contribution in [3.8, 4) is 34.6 Å². The summed E-state index contributed by atoms with van der Waals surface area (Å²) in [6, 6.07) is 8.75. The Bertz CT molecular complexity index is 1570. The van der Waals surface area contributed by atoms with Crippen LogP contribution >= 0.6 is 0 Å². The van der Waals surface area contributed by atoms with Gasteiger partial charge in [-0.2, -0.15) is 5.26 Å². The second-order valence-corrected chi connectivity index (χ2v) is 10.6. The Kier molecular flexibility index (Phi) is 7.54. The highest BCUT2D eigenvalue weighted by Gasteiger charge is 2.32. The van der Waals surface area contributed by atoms with Gasteiger partial charge < -0.3 is 9.47 Å². The number of pyridine rings is 1. The van der Waals surface area contributed by atoms with Crippen molar-refractivity contribution < 1.29 is 17.9 Å². The van der Waals surface area contributed by atoms with E-state index in [4.69, 9.17) is 9.47 Å². The Labute approximate surface area is 220 Å². The van der Waals surface area contributed by atoms with Crippen LogP contribution in [0.15, 0.2) is 49.1 Å². The molecule has 0 amide bonds. The molecule has 1 N–H and O–H groups in total. The van der Waals surface area contributed by atoms with Gasteiger partial charge in [0.25, 0.3) is 0 Å². The van der Waals surface area contributed by atoms with Crippen LogP contribution in [0.5, 0.6) is 11.5 Å². The van der Waals surface area contributed by atoms with Gasteiger partial charge in [0, 0.05) is 36.3 Å². The minimum Gasteiger partial charge on any atom is -0.494 e. The Hall–Kier alpha value is -4.57. The largest absolute Gasteiger partial charge is 0.494 e. The van der Waals surface area contributed by atoms with Crippen molar-refractivity contribution in [2.45, 2.75) is 31.9 Å². The van der Waals surface area contributed by atoms with Gasteiger partial charge in [0.15, 0.2) is 5.82 Å². The summed E-state index contributed by atoms with van der Waals surface area (Å²) < 4.78 is 42.3. The lowest BCUT2D eigenvalue weighted by molar-refractivity contribution is 0.391. The zero-order valence-corrected chi connectivity index (χ0v) is 22.3. The third kappa shape index (κ3) is 5.12. The lowest BCUT2D eigenvalue weighted by Crippen LogP contribution is -2.31. The van der Waals surface area contributed by atoms with Crippen LogP contribution in [0.25, 0.3) is 17.1 Å². The summed E-state index contributed by atoms with van der Waals surface area (Å²) in [5, 5.41) is 16.8. The zero-order valence-electron chi connectivity index (χ0n) is 21.4. The molecule has 38 heavy (non-hydrogen) atoms. The van der Waals surface area contributed by atoms with Crippen LogP contribution in [0.2, 0.25) is 0 Å². The summed E-state index contributed by atoms with van der Waals surface area (Å²) in [5.74, 6) is 0.754. The van der Waals surface area contributed by atoms with Gasteiger partial charge in [-0.1, -0.05) is 13.0 Å². The van der Waals surface area contributed by atoms with Gasteiger partial charge >= 0.3 is 0 Å². The molecule has 0 saturated carbocycles. The zero-order chi connectivity index (χ0) is 27.4. The topological polar surface area (TPSA) is 158 Å². The molecule has 0 aliphatic carbocycles. The van der Waals surface area contributed by atoms with Gasteiger partial charge in [0.05, 0.1) is 25.0 Å². The van der Waals surface area contributed by atoms with Crippen LogP contribution in [-0.2, 0) is 10.0 Å². The Morgan fingerprint density at radius 2 is 1.68 bits per heavy atom. The van der Waals surface area contributed by atoms with Crippen LogP contribution < -0.4 is 14.2 Å². The fourth-order valence-corrected chi connectivity index (χ4v) is 4.99. The number of nitrogens with one attached hydrogen (secondary N) is 1. The Balaban J connectivity index is 1.85. The first-order valence-corrected chi connectivity index (χ1v) is 13.1. The monoisotopic (exact) mass is 534 g/mol. The molecule has 0 unspecified atom stereocenters. The fourth-order valence-electron chi connectivity index (χ4n) is 3.76. The van der Waals surface area contributed by atoms with E-state index in [9.17, 15) is 13.7 Å². The first-order valence-electron chi connectivity index (χ1n) is 11.5. The highest BCUT2D eigenvalue weighted by atomic mass is 32.2. The van der Waals surface area contributed by atoms with E-state index in [0.29, 0.717) is 34.1 Å². The molecule has 4 rings (SSSR count). The van der Waals surface area contributed by atoms with Gasteiger partial charge in [0.1, 0.15) is 29.1 Å². The molecule has 0 radical (unpaired) electrons. The maximum atomic E-state index is 13.6. The quantitative estimate of drug-likeness (QED) is 0.338. The first-order chi connectivity index (χ1) is 18.2. The molecule has 13 heteroatoms. The Morgan fingerprint density at radius 3 is 2.29 bits per heavy atom. The highest BCUT2D eigenvalue weighted by Crippen LogP contribution is 2.38. The summed E-state index contributed by atoms with van der Waals surface area (Å²) in [7, 11) is -1.06. The van der Waals surface area contributed by atoms with Crippen molar-refractivity contribution in [3.63, 3.8) is 0 Å². The lowest BCUT2D eigenvalue weighted by Gasteiger charge is -2.21. The molecule has 3 heterocycles. The predicted octanol–water partition coefficient (Wildman–Crippen LogP) is 3.25. The van der Waals surface area contributed by atoms with E-state index < -0.39 is 21.2 Å². The van der Waals surface area contributed by atoms with Crippen molar-refractivity contribution in [3.05, 3.63) is 66.0 Å². The van der Waals surface area contributed by atoms with E-state index in [1.54, 1.807) is 50.5 Å². The second-order valence-electron chi connectivity index (χ2n) is 8.53. The van der Waals surface area contributed by atoms with Crippen molar-refractivity contribution in [2.24, 2.45) is 0 Å². The normalized spacial score (nSPS) is 12.8. The maximum Gasteiger partial charge on any atom is 0.243 e. The number of benzene rings is 1. The third-order valence-corrected chi connectivity index (χ3v) is 7.90. The van der Waals surface area contributed by atoms with E-state index >= 15 is 0 Å². The molecule has 3 aromatic heterocycles. The van der Waals surface area contributed by atoms with Crippen LogP contribution in [-0.4, -0.2) is 57.6 Å². The molecule has 0 aliphatic heterocycles. The number of methoxy groups -OCH3 is 2. The average molecular weight is 535 g/mol. The highest BCUT2D eigenvalue weighted by molar-refractivity contribution is 7.93. The predicted molar refractivity (Wildman–Crippen MR) is 140 cm³/mol. The smallest absolute Gasteiger partial charge is 0.243 e. The van der Waals surface area contributed by atoms with E-state index in [-0.39, 0.29) is 11.8 Å². The summed E-state index contributed by atoms with van der Waals surface area (Å²) in [4.78, 5) is 12.7. The van der Waals surface area contributed by atoms with Crippen molar-refractivity contribution in [2.75, 3.05) is 18.9 Å². The van der Waals surface area contributed by atoms with E-state index in [1.807, 2.05) is 13.0 Å². The van der Waals surface area contributed by atoms with Crippen molar-refractivity contribution >= 4 is 16.0 Å². The number of sulfonamides is 1. The summed E-state index contributed by atoms with van der Waals surface area (Å²) in [6.07, 6.45) is 6.20. The molecule has 2 atom stereocenters. The number of nitriles is 1. The van der Waals surface area contributed by atoms with Crippen LogP contribution in [0.3, 0.4) is 0 Å². The molecule has 0 saturated heterocycles. The molecule has 4 aromatic rings. The SMILES string of the molecule is COc1cccc(OC)c1-n1c(NS(=O)(=O)[C@@H](C)[C@H](C)c2ncc(C)cn2)nnc1-c1cncc(C#N)c1. The van der Waals surface area contributed by atoms with Gasteiger partial charge in [0.2, 0.25) is 16.0 Å². The third-order valence-electron chi connectivity index (χ3n) is 6.05. The number of anilines is 1. The average Bonchev–Trinajstić information content (AvgIpc) is 3.34. The molecule has 196 valence electrons. The van der Waals surface area contributed by atoms with Crippen LogP contribution in [0.4, 0.5) is 5.95 Å². The minimum absolute atomic E-state index is 0.103. The van der Waals surface area contributed by atoms with Gasteiger partial charge in [-0.05, 0) is 37.6 Å². The standard InChI is InChI=1S/C25H26N8O4S/c1-15-11-28-23(29-12-15)16(2)17(3)38(34,35)32-25-31-30-24(19-9-18(10-26)13-27-14-19)33(25)22-20(36-4)7-6-8-21(22)37-5/h6-9,11-14,16-17H,1-5H3,(H,31,32)/t16-,17-/m0/s1. The number of para-hydroxylation sites is 1. The van der Waals surface area contributed by atoms with Crippen LogP contribution in [0, 0.1) is 18.3 Å². The fraction of sp³-hybridized carbons (Fsp3) is 0.280. The van der Waals surface area contributed by atoms with Gasteiger partial charge in [-0.25, -0.2) is 18.4 Å². The number of rotatable bonds is 9. The molecule has 12 nitrogen and oxygen atoms in total. The summed E-state index contributed by atoms with van der Waals surface area (Å²) in [5.41, 5.74) is 1.97. The minimum atomic E-state index is -4.03. The van der Waals surface area contributed by atoms with E-state index in [2.05, 4.69) is 29.9 Å². The molecular formula is C25H26N8O4S. The van der Waals surface area contributed by atoms with Crippen molar-refractivity contribution in [1.29, 1.82) is 5.26 Å². The van der Waals surface area contributed by atoms with E-state index in [0.717, 1.165) is 5.56 Å². The van der Waals surface area contributed by atoms with E-state index in [1.165, 1.54) is 31.2 Å². The lowest BCUT2D eigenvalue weighted by atomic mass is 10.1. The first kappa shape index (κ1) is 26.5. The number of hydrogen-bond donors (Lipinski definition) is 1. The number of nitrogens with zero attached hydrogens (tertiary/aromatic N) is 7. The summed E-state index contributed by atoms with van der Waals surface area (Å²) >= 11 is 0. The summed E-state index contributed by atoms with van der Waals surface area (Å²) in [6.45, 7) is 5.17. The number of ether oxygens (including phenoxy) is 2. The number of aromatic nitrogens is 6. The van der Waals surface area contributed by atoms with Crippen LogP contribution in [0.1, 0.15) is 36.7 Å². The molecule has 0 aliphatic rings. The number of aryl methyl sites for hydroxylation is 1. The van der Waals surface area contributed by atoms with Gasteiger partial charge in [-0.3, -0.25) is 14.3 Å². The number of hydrogen-bond acceptors (Lipinski definition) is 10. The maximum absolute atomic E-state index is 13.6. The molecule has 0 bridgehead atoms. The second kappa shape index (κ2) is 10.8. The molecular weight excluding hydrogens is 508 g/mol. The Morgan fingerprint density at radius 1 is 1.03 bits per heavy atom. The molecule has 0 fully saturated rings. The molecule has 1 aromatic carbocycles. The van der Waals surface area contributed by atoms with Crippen molar-refractivity contribution in [1.82, 2.24) is 29.7 Å². The van der Waals surface area contributed by atoms with Gasteiger partial charge in [-0.15, -0.1) is 10.2 Å². The molecule has 0 spiro atoms.